The number of allylic oxidation sites excluding steroid dienone is 1. The molecule has 3 aromatic rings. The van der Waals surface area contributed by atoms with E-state index >= 15 is 0 Å². The van der Waals surface area contributed by atoms with Gasteiger partial charge in [-0.25, -0.2) is 9.79 Å². The Balaban J connectivity index is 1.67. The number of aromatic nitrogens is 1. The molecule has 5 rings (SSSR count). The maximum Gasteiger partial charge on any atom is 0.338 e. The molecule has 1 amide bonds. The zero-order valence-corrected chi connectivity index (χ0v) is 24.0. The highest BCUT2D eigenvalue weighted by molar-refractivity contribution is 7.07. The second kappa shape index (κ2) is 11.6. The summed E-state index contributed by atoms with van der Waals surface area (Å²) in [4.78, 5) is 47.9. The lowest BCUT2D eigenvalue weighted by atomic mass is 9.96. The first-order valence-electron chi connectivity index (χ1n) is 13.6. The Bertz CT molecular complexity index is 1670. The number of para-hydroxylation sites is 1. The Morgan fingerprint density at radius 2 is 1.73 bits per heavy atom. The number of rotatable bonds is 9. The highest BCUT2D eigenvalue weighted by Crippen LogP contribution is 2.36. The van der Waals surface area contributed by atoms with Crippen molar-refractivity contribution in [2.75, 3.05) is 25.7 Å². The van der Waals surface area contributed by atoms with Gasteiger partial charge in [0.25, 0.3) is 11.5 Å². The first-order valence-corrected chi connectivity index (χ1v) is 14.4. The highest BCUT2D eigenvalue weighted by Gasteiger charge is 2.37. The van der Waals surface area contributed by atoms with Gasteiger partial charge >= 0.3 is 5.97 Å². The number of ether oxygens (including phenoxy) is 2. The summed E-state index contributed by atoms with van der Waals surface area (Å²) in [6.07, 6.45) is 5.42. The van der Waals surface area contributed by atoms with Crippen LogP contribution in [0.3, 0.4) is 0 Å². The number of esters is 1. The minimum atomic E-state index is -0.759. The van der Waals surface area contributed by atoms with E-state index in [0.29, 0.717) is 38.5 Å². The number of methoxy groups -OCH3 is 2. The van der Waals surface area contributed by atoms with Crippen LogP contribution in [0.2, 0.25) is 0 Å². The summed E-state index contributed by atoms with van der Waals surface area (Å²) in [7, 11) is 2.89. The van der Waals surface area contributed by atoms with E-state index in [-0.39, 0.29) is 17.0 Å². The molecule has 0 unspecified atom stereocenters. The molecule has 8 nitrogen and oxygen atoms in total. The molecule has 0 bridgehead atoms. The molecule has 2 aliphatic rings. The van der Waals surface area contributed by atoms with Crippen molar-refractivity contribution in [2.24, 2.45) is 4.99 Å². The number of carbonyl (C=O) groups excluding carboxylic acids is 2. The predicted octanol–water partition coefficient (Wildman–Crippen LogP) is 4.10. The van der Waals surface area contributed by atoms with Gasteiger partial charge in [0.05, 0.1) is 42.8 Å². The van der Waals surface area contributed by atoms with Crippen LogP contribution in [0.15, 0.2) is 69.6 Å². The van der Waals surface area contributed by atoms with E-state index in [1.165, 1.54) is 29.4 Å². The molecule has 0 spiro atoms. The molecule has 9 heteroatoms. The molecule has 3 heterocycles. The van der Waals surface area contributed by atoms with Crippen molar-refractivity contribution in [1.82, 2.24) is 4.57 Å². The van der Waals surface area contributed by atoms with E-state index in [9.17, 15) is 14.4 Å². The van der Waals surface area contributed by atoms with Crippen molar-refractivity contribution in [2.45, 2.75) is 52.0 Å². The molecule has 0 fully saturated rings. The van der Waals surface area contributed by atoms with Crippen molar-refractivity contribution in [3.8, 4) is 5.75 Å². The molecular formula is C31H33N3O5S. The molecule has 0 radical (unpaired) electrons. The van der Waals surface area contributed by atoms with Gasteiger partial charge in [0.2, 0.25) is 0 Å². The van der Waals surface area contributed by atoms with Crippen LogP contribution in [0, 0.1) is 0 Å². The number of fused-ring (bicyclic) bond motifs is 2. The molecule has 0 saturated carbocycles. The Kier molecular flexibility index (Phi) is 8.02. The van der Waals surface area contributed by atoms with Crippen LogP contribution in [0.5, 0.6) is 5.75 Å². The predicted molar refractivity (Wildman–Crippen MR) is 155 cm³/mol. The number of nitrogens with zero attached hydrogens (tertiary/aromatic N) is 3. The van der Waals surface area contributed by atoms with E-state index in [4.69, 9.17) is 9.47 Å². The van der Waals surface area contributed by atoms with Crippen molar-refractivity contribution in [1.29, 1.82) is 0 Å². The Labute approximate surface area is 236 Å². The number of hydrogen-bond donors (Lipinski definition) is 0. The summed E-state index contributed by atoms with van der Waals surface area (Å²) in [5, 5.41) is 0. The molecular weight excluding hydrogens is 526 g/mol. The zero-order chi connectivity index (χ0) is 28.4. The molecule has 0 N–H and O–H groups in total. The fourth-order valence-corrected chi connectivity index (χ4v) is 6.58. The van der Waals surface area contributed by atoms with Crippen LogP contribution in [0.25, 0.3) is 5.57 Å². The largest absolute Gasteiger partial charge is 0.497 e. The first kappa shape index (κ1) is 27.6. The van der Waals surface area contributed by atoms with E-state index < -0.39 is 12.0 Å². The van der Waals surface area contributed by atoms with Crippen LogP contribution in [-0.4, -0.2) is 37.2 Å². The van der Waals surface area contributed by atoms with Gasteiger partial charge in [0, 0.05) is 12.1 Å². The topological polar surface area (TPSA) is 90.2 Å². The average molecular weight is 560 g/mol. The fraction of sp³-hybridized carbons (Fsp3) is 0.355. The van der Waals surface area contributed by atoms with Crippen LogP contribution in [-0.2, 0) is 14.3 Å². The number of carbonyl (C=O) groups is 2. The summed E-state index contributed by atoms with van der Waals surface area (Å²) < 4.78 is 12.2. The standard InChI is InChI=1S/C31H33N3O5S/c1-5-6-7-8-11-18-33-23-13-10-9-12-22(23)25(28(33)35)27-29(36)34-26(20-14-16-21(38-3)17-15-20)24(30(37)39-4)19(2)32-31(34)40-27/h9-10,12-17,26H,5-8,11,18H2,1-4H3/b27-25-/t26-/m0/s1. The minimum absolute atomic E-state index is 0.174. The molecule has 1 aromatic heterocycles. The molecule has 0 aliphatic carbocycles. The molecule has 208 valence electrons. The Hall–Kier alpha value is -3.98. The highest BCUT2D eigenvalue weighted by atomic mass is 32.1. The van der Waals surface area contributed by atoms with Gasteiger partial charge in [-0.15, -0.1) is 0 Å². The molecule has 40 heavy (non-hydrogen) atoms. The van der Waals surface area contributed by atoms with Crippen LogP contribution in [0.4, 0.5) is 5.69 Å². The van der Waals surface area contributed by atoms with Gasteiger partial charge in [0.15, 0.2) is 4.80 Å². The molecule has 2 aliphatic heterocycles. The van der Waals surface area contributed by atoms with Crippen molar-refractivity contribution < 1.29 is 19.1 Å². The normalized spacial score (nSPS) is 17.4. The lowest BCUT2D eigenvalue weighted by Gasteiger charge is -2.24. The zero-order valence-electron chi connectivity index (χ0n) is 23.2. The third-order valence-corrected chi connectivity index (χ3v) is 8.52. The summed E-state index contributed by atoms with van der Waals surface area (Å²) >= 11 is 1.18. The Morgan fingerprint density at radius 1 is 1.00 bits per heavy atom. The third-order valence-electron chi connectivity index (χ3n) is 7.47. The van der Waals surface area contributed by atoms with Gasteiger partial charge in [-0.2, -0.15) is 0 Å². The van der Waals surface area contributed by atoms with Crippen LogP contribution < -0.4 is 24.5 Å². The number of benzene rings is 2. The van der Waals surface area contributed by atoms with Gasteiger partial charge in [-0.05, 0) is 37.1 Å². The van der Waals surface area contributed by atoms with Gasteiger partial charge in [-0.3, -0.25) is 14.2 Å². The lowest BCUT2D eigenvalue weighted by molar-refractivity contribution is -0.136. The maximum absolute atomic E-state index is 14.2. The summed E-state index contributed by atoms with van der Waals surface area (Å²) in [5.41, 5.74) is 3.06. The van der Waals surface area contributed by atoms with Gasteiger partial charge < -0.3 is 14.4 Å². The van der Waals surface area contributed by atoms with Crippen LogP contribution >= 0.6 is 11.3 Å². The number of unbranched alkanes of at least 4 members (excludes halogenated alkanes) is 4. The summed E-state index contributed by atoms with van der Waals surface area (Å²) in [6.45, 7) is 4.51. The first-order chi connectivity index (χ1) is 19.4. The van der Waals surface area contributed by atoms with E-state index in [1.807, 2.05) is 36.4 Å². The van der Waals surface area contributed by atoms with Gasteiger partial charge in [0.1, 0.15) is 10.3 Å². The van der Waals surface area contributed by atoms with Crippen LogP contribution in [0.1, 0.15) is 63.1 Å². The van der Waals surface area contributed by atoms with Crippen molar-refractivity contribution in [3.63, 3.8) is 0 Å². The lowest BCUT2D eigenvalue weighted by Crippen LogP contribution is -2.40. The Morgan fingerprint density at radius 3 is 2.42 bits per heavy atom. The van der Waals surface area contributed by atoms with E-state index in [1.54, 1.807) is 31.1 Å². The molecule has 2 aromatic carbocycles. The smallest absolute Gasteiger partial charge is 0.338 e. The van der Waals surface area contributed by atoms with E-state index in [0.717, 1.165) is 36.9 Å². The fourth-order valence-electron chi connectivity index (χ4n) is 5.44. The summed E-state index contributed by atoms with van der Waals surface area (Å²) in [5.74, 6) is -0.0786. The molecule has 1 atom stereocenters. The average Bonchev–Trinajstić information content (AvgIpc) is 3.43. The second-order valence-electron chi connectivity index (χ2n) is 9.93. The minimum Gasteiger partial charge on any atom is -0.497 e. The monoisotopic (exact) mass is 559 g/mol. The van der Waals surface area contributed by atoms with Crippen molar-refractivity contribution >= 4 is 34.5 Å². The maximum atomic E-state index is 14.2. The number of thiazole rings is 1. The molecule has 0 saturated heterocycles. The van der Waals surface area contributed by atoms with Gasteiger partial charge in [-0.1, -0.05) is 74.3 Å². The SMILES string of the molecule is CCCCCCCN1C(=O)/C(=c2\sc3n(c2=O)[C@@H](c2ccc(OC)cc2)C(C(=O)OC)=C(C)N=3)c2ccccc21. The number of hydrogen-bond acceptors (Lipinski definition) is 7. The van der Waals surface area contributed by atoms with Crippen molar-refractivity contribution in [3.05, 3.63) is 90.6 Å². The third kappa shape index (κ3) is 4.79. The second-order valence-corrected chi connectivity index (χ2v) is 10.9. The number of anilines is 1. The van der Waals surface area contributed by atoms with E-state index in [2.05, 4.69) is 11.9 Å². The quantitative estimate of drug-likeness (QED) is 0.291. The summed E-state index contributed by atoms with van der Waals surface area (Å²) in [6, 6.07) is 14.1. The number of amides is 1.